The molecule has 21 heavy (non-hydrogen) atoms. The van der Waals surface area contributed by atoms with Gasteiger partial charge in [0, 0.05) is 24.9 Å². The summed E-state index contributed by atoms with van der Waals surface area (Å²) in [5, 5.41) is 9.52. The van der Waals surface area contributed by atoms with E-state index in [1.807, 2.05) is 6.07 Å². The molecule has 0 spiro atoms. The maximum Gasteiger partial charge on any atom is 0.264 e. The lowest BCUT2D eigenvalue weighted by atomic mass is 10.2. The molecule has 0 aliphatic carbocycles. The lowest BCUT2D eigenvalue weighted by molar-refractivity contribution is 0.0704. The highest BCUT2D eigenvalue weighted by atomic mass is 32.1. The number of amides is 1. The molecule has 0 atom stereocenters. The topological polar surface area (TPSA) is 53.3 Å². The van der Waals surface area contributed by atoms with Gasteiger partial charge in [0.2, 0.25) is 0 Å². The van der Waals surface area contributed by atoms with Crippen molar-refractivity contribution in [2.75, 3.05) is 26.8 Å². The summed E-state index contributed by atoms with van der Waals surface area (Å²) in [6.07, 6.45) is 0.273. The fourth-order valence-corrected chi connectivity index (χ4v) is 3.02. The zero-order chi connectivity index (χ0) is 15.2. The number of thiophene rings is 1. The Hall–Kier alpha value is -1.97. The molecule has 0 saturated heterocycles. The molecule has 0 saturated carbocycles. The monoisotopic (exact) mass is 306 g/mol. The van der Waals surface area contributed by atoms with Crippen LogP contribution in [0.1, 0.15) is 16.1 Å². The average Bonchev–Trinajstić information content (AvgIpc) is 2.89. The summed E-state index contributed by atoms with van der Waals surface area (Å²) in [6.45, 7) is 1.21. The Morgan fingerprint density at radius 3 is 2.95 bits per heavy atom. The minimum atomic E-state index is -0.316. The highest BCUT2D eigenvalue weighted by Gasteiger charge is 2.18. The third kappa shape index (κ3) is 3.78. The average molecular weight is 306 g/mol. The third-order valence-corrected chi connectivity index (χ3v) is 4.12. The van der Waals surface area contributed by atoms with E-state index in [9.17, 15) is 9.18 Å². The molecular weight excluding hydrogens is 291 g/mol. The minimum absolute atomic E-state index is 0.149. The van der Waals surface area contributed by atoms with Crippen molar-refractivity contribution >= 4 is 27.3 Å². The number of carbonyl (C=O) groups excluding carboxylic acids is 1. The number of nitriles is 1. The molecule has 0 radical (unpaired) electrons. The molecule has 0 N–H and O–H groups in total. The van der Waals surface area contributed by atoms with Crippen molar-refractivity contribution in [3.05, 3.63) is 35.0 Å². The predicted octanol–water partition coefficient (Wildman–Crippen LogP) is 3.04. The van der Waals surface area contributed by atoms with Crippen molar-refractivity contribution in [3.8, 4) is 6.07 Å². The summed E-state index contributed by atoms with van der Waals surface area (Å²) in [5.74, 6) is -0.465. The second kappa shape index (κ2) is 7.16. The largest absolute Gasteiger partial charge is 0.383 e. The highest BCUT2D eigenvalue weighted by Crippen LogP contribution is 2.27. The number of hydrogen-bond acceptors (Lipinski definition) is 4. The van der Waals surface area contributed by atoms with Crippen LogP contribution in [0.25, 0.3) is 10.1 Å². The second-order valence-corrected chi connectivity index (χ2v) is 5.57. The Balaban J connectivity index is 2.22. The number of methoxy groups -OCH3 is 1. The van der Waals surface area contributed by atoms with Crippen LogP contribution in [0, 0.1) is 17.1 Å². The molecule has 6 heteroatoms. The molecule has 0 fully saturated rings. The molecule has 4 nitrogen and oxygen atoms in total. The van der Waals surface area contributed by atoms with Crippen molar-refractivity contribution < 1.29 is 13.9 Å². The molecule has 1 aromatic heterocycles. The molecule has 1 amide bonds. The van der Waals surface area contributed by atoms with Crippen LogP contribution in [0.3, 0.4) is 0 Å². The molecular formula is C15H15FN2O2S. The van der Waals surface area contributed by atoms with Gasteiger partial charge in [0.1, 0.15) is 5.82 Å². The van der Waals surface area contributed by atoms with Crippen LogP contribution in [-0.4, -0.2) is 37.6 Å². The summed E-state index contributed by atoms with van der Waals surface area (Å²) in [7, 11) is 1.56. The van der Waals surface area contributed by atoms with Gasteiger partial charge in [0.25, 0.3) is 5.91 Å². The normalized spacial score (nSPS) is 10.5. The van der Waals surface area contributed by atoms with E-state index in [1.165, 1.54) is 23.5 Å². The number of ether oxygens (including phenoxy) is 1. The van der Waals surface area contributed by atoms with Crippen LogP contribution < -0.4 is 0 Å². The van der Waals surface area contributed by atoms with Gasteiger partial charge in [-0.2, -0.15) is 5.26 Å². The first-order chi connectivity index (χ1) is 10.2. The van der Waals surface area contributed by atoms with Crippen LogP contribution in [0.2, 0.25) is 0 Å². The molecule has 0 aliphatic rings. The second-order valence-electron chi connectivity index (χ2n) is 4.49. The maximum atomic E-state index is 13.2. The van der Waals surface area contributed by atoms with Gasteiger partial charge in [-0.25, -0.2) is 4.39 Å². The molecule has 1 heterocycles. The SMILES string of the molecule is COCCN(CCC#N)C(=O)c1cc2ccc(F)cc2s1. The number of nitrogens with zero attached hydrogens (tertiary/aromatic N) is 2. The molecule has 2 rings (SSSR count). The van der Waals surface area contributed by atoms with Gasteiger partial charge in [0.05, 0.1) is 24.0 Å². The first kappa shape index (κ1) is 15.4. The van der Waals surface area contributed by atoms with Crippen molar-refractivity contribution in [2.45, 2.75) is 6.42 Å². The Labute approximate surface area is 126 Å². The maximum absolute atomic E-state index is 13.2. The fraction of sp³-hybridized carbons (Fsp3) is 0.333. The van der Waals surface area contributed by atoms with E-state index in [4.69, 9.17) is 10.00 Å². The number of fused-ring (bicyclic) bond motifs is 1. The Bertz CT molecular complexity index is 678. The van der Waals surface area contributed by atoms with Gasteiger partial charge in [0.15, 0.2) is 0 Å². The van der Waals surface area contributed by atoms with Crippen LogP contribution in [0.5, 0.6) is 0 Å². The lowest BCUT2D eigenvalue weighted by Gasteiger charge is -2.20. The molecule has 0 aliphatic heterocycles. The van der Waals surface area contributed by atoms with E-state index >= 15 is 0 Å². The van der Waals surface area contributed by atoms with Gasteiger partial charge in [-0.05, 0) is 23.6 Å². The van der Waals surface area contributed by atoms with E-state index in [1.54, 1.807) is 24.1 Å². The Kier molecular flexibility index (Phi) is 5.26. The number of benzene rings is 1. The van der Waals surface area contributed by atoms with Crippen LogP contribution in [0.15, 0.2) is 24.3 Å². The first-order valence-electron chi connectivity index (χ1n) is 6.50. The quantitative estimate of drug-likeness (QED) is 0.824. The van der Waals surface area contributed by atoms with Gasteiger partial charge in [-0.3, -0.25) is 4.79 Å². The van der Waals surface area contributed by atoms with Crippen molar-refractivity contribution in [1.29, 1.82) is 5.26 Å². The van der Waals surface area contributed by atoms with Crippen molar-refractivity contribution in [3.63, 3.8) is 0 Å². The number of hydrogen-bond donors (Lipinski definition) is 0. The predicted molar refractivity (Wildman–Crippen MR) is 79.8 cm³/mol. The van der Waals surface area contributed by atoms with Crippen molar-refractivity contribution in [1.82, 2.24) is 4.90 Å². The smallest absolute Gasteiger partial charge is 0.264 e. The molecule has 110 valence electrons. The fourth-order valence-electron chi connectivity index (χ4n) is 1.97. The van der Waals surface area contributed by atoms with Crippen LogP contribution in [-0.2, 0) is 4.74 Å². The zero-order valence-electron chi connectivity index (χ0n) is 11.6. The minimum Gasteiger partial charge on any atom is -0.383 e. The molecule has 2 aromatic rings. The summed E-state index contributed by atoms with van der Waals surface area (Å²) < 4.78 is 18.9. The van der Waals surface area contributed by atoms with E-state index in [0.717, 1.165) is 10.1 Å². The van der Waals surface area contributed by atoms with Crippen molar-refractivity contribution in [2.24, 2.45) is 0 Å². The molecule has 0 unspecified atom stereocenters. The highest BCUT2D eigenvalue weighted by molar-refractivity contribution is 7.20. The van der Waals surface area contributed by atoms with Gasteiger partial charge < -0.3 is 9.64 Å². The zero-order valence-corrected chi connectivity index (χ0v) is 12.5. The van der Waals surface area contributed by atoms with Gasteiger partial charge in [-0.1, -0.05) is 6.07 Å². The van der Waals surface area contributed by atoms with E-state index in [2.05, 4.69) is 0 Å². The van der Waals surface area contributed by atoms with Gasteiger partial charge in [-0.15, -0.1) is 11.3 Å². The van der Waals surface area contributed by atoms with E-state index < -0.39 is 0 Å². The third-order valence-electron chi connectivity index (χ3n) is 3.04. The Morgan fingerprint density at radius 1 is 1.43 bits per heavy atom. The van der Waals surface area contributed by atoms with Crippen LogP contribution >= 0.6 is 11.3 Å². The Morgan fingerprint density at radius 2 is 2.24 bits per heavy atom. The van der Waals surface area contributed by atoms with E-state index in [0.29, 0.717) is 24.6 Å². The standard InChI is InChI=1S/C15H15FN2O2S/c1-20-8-7-18(6-2-5-17)15(19)14-9-11-3-4-12(16)10-13(11)21-14/h3-4,9-10H,2,6-8H2,1H3. The van der Waals surface area contributed by atoms with Crippen LogP contribution in [0.4, 0.5) is 4.39 Å². The number of rotatable bonds is 6. The first-order valence-corrected chi connectivity index (χ1v) is 7.31. The summed E-state index contributed by atoms with van der Waals surface area (Å²) in [4.78, 5) is 14.6. The molecule has 0 bridgehead atoms. The summed E-state index contributed by atoms with van der Waals surface area (Å²) in [6, 6.07) is 8.25. The summed E-state index contributed by atoms with van der Waals surface area (Å²) >= 11 is 1.26. The lowest BCUT2D eigenvalue weighted by Crippen LogP contribution is -2.34. The van der Waals surface area contributed by atoms with E-state index in [-0.39, 0.29) is 18.1 Å². The summed E-state index contributed by atoms with van der Waals surface area (Å²) in [5.41, 5.74) is 0. The number of halogens is 1. The van der Waals surface area contributed by atoms with Gasteiger partial charge >= 0.3 is 0 Å². The number of carbonyl (C=O) groups is 1. The molecule has 1 aromatic carbocycles.